The minimum Gasteiger partial charge on any atom is -0.508 e. The van der Waals surface area contributed by atoms with Gasteiger partial charge in [0.2, 0.25) is 0 Å². The number of carbonyl (C=O) groups excluding carboxylic acids is 1. The van der Waals surface area contributed by atoms with Crippen LogP contribution >= 0.6 is 0 Å². The molecule has 1 amide bonds. The van der Waals surface area contributed by atoms with E-state index in [-0.39, 0.29) is 11.5 Å². The zero-order chi connectivity index (χ0) is 19.0. The van der Waals surface area contributed by atoms with E-state index in [0.717, 1.165) is 17.3 Å². The van der Waals surface area contributed by atoms with Crippen LogP contribution in [0.4, 0.5) is 0 Å². The molecule has 0 fully saturated rings. The third-order valence-corrected chi connectivity index (χ3v) is 5.15. The van der Waals surface area contributed by atoms with Crippen molar-refractivity contribution in [3.05, 3.63) is 72.0 Å². The quantitative estimate of drug-likeness (QED) is 0.727. The smallest absolute Gasteiger partial charge is 0.289 e. The number of hydrogen-bond acceptors (Lipinski definition) is 4. The van der Waals surface area contributed by atoms with E-state index in [0.29, 0.717) is 24.1 Å². The van der Waals surface area contributed by atoms with Gasteiger partial charge in [-0.25, -0.2) is 4.98 Å². The number of aryl methyl sites for hydroxylation is 1. The summed E-state index contributed by atoms with van der Waals surface area (Å²) in [5, 5.41) is 22.8. The summed E-state index contributed by atoms with van der Waals surface area (Å²) >= 11 is 0. The van der Waals surface area contributed by atoms with Crippen molar-refractivity contribution in [2.45, 2.75) is 25.9 Å². The molecule has 6 heteroatoms. The van der Waals surface area contributed by atoms with Crippen LogP contribution in [0.2, 0.25) is 0 Å². The van der Waals surface area contributed by atoms with Gasteiger partial charge in [-0.1, -0.05) is 30.3 Å². The lowest BCUT2D eigenvalue weighted by atomic mass is 9.93. The Morgan fingerprint density at radius 1 is 1.11 bits per heavy atom. The molecular formula is C21H21N3O3. The predicted molar refractivity (Wildman–Crippen MR) is 102 cm³/mol. The average molecular weight is 363 g/mol. The van der Waals surface area contributed by atoms with Crippen molar-refractivity contribution in [3.8, 4) is 5.75 Å². The third kappa shape index (κ3) is 2.93. The number of aliphatic hydroxyl groups excluding tert-OH is 1. The number of hydrogen-bond donors (Lipinski definition) is 2. The summed E-state index contributed by atoms with van der Waals surface area (Å²) in [6, 6.07) is 10.8. The molecule has 0 bridgehead atoms. The molecule has 3 aromatic rings. The van der Waals surface area contributed by atoms with Crippen molar-refractivity contribution in [1.29, 1.82) is 0 Å². The first-order valence-electron chi connectivity index (χ1n) is 8.95. The number of aliphatic hydroxyl groups is 1. The monoisotopic (exact) mass is 363 g/mol. The van der Waals surface area contributed by atoms with E-state index < -0.39 is 11.9 Å². The number of phenols is 1. The number of nitrogens with zero attached hydrogens (tertiary/aromatic N) is 3. The van der Waals surface area contributed by atoms with E-state index in [1.165, 1.54) is 0 Å². The van der Waals surface area contributed by atoms with Crippen molar-refractivity contribution in [2.24, 2.45) is 0 Å². The molecule has 0 saturated carbocycles. The highest BCUT2D eigenvalue weighted by molar-refractivity contribution is 5.97. The van der Waals surface area contributed by atoms with Crippen LogP contribution in [0, 0.1) is 0 Å². The first-order chi connectivity index (χ1) is 13.1. The Balaban J connectivity index is 1.70. The summed E-state index contributed by atoms with van der Waals surface area (Å²) in [7, 11) is 0. The summed E-state index contributed by atoms with van der Waals surface area (Å²) in [6.07, 6.45) is 6.04. The summed E-state index contributed by atoms with van der Waals surface area (Å²) in [6.45, 7) is 2.93. The van der Waals surface area contributed by atoms with Gasteiger partial charge < -0.3 is 19.7 Å². The zero-order valence-electron chi connectivity index (χ0n) is 15.0. The van der Waals surface area contributed by atoms with Crippen LogP contribution in [-0.4, -0.2) is 37.1 Å². The summed E-state index contributed by atoms with van der Waals surface area (Å²) < 4.78 is 1.95. The largest absolute Gasteiger partial charge is 0.508 e. The van der Waals surface area contributed by atoms with Crippen molar-refractivity contribution < 1.29 is 15.0 Å². The normalized spacial score (nSPS) is 17.3. The van der Waals surface area contributed by atoms with Crippen LogP contribution in [0.5, 0.6) is 5.75 Å². The lowest BCUT2D eigenvalue weighted by Crippen LogP contribution is -2.32. The van der Waals surface area contributed by atoms with Crippen molar-refractivity contribution in [3.63, 3.8) is 0 Å². The number of rotatable bonds is 5. The van der Waals surface area contributed by atoms with Gasteiger partial charge in [-0.15, -0.1) is 0 Å². The molecule has 27 heavy (non-hydrogen) atoms. The van der Waals surface area contributed by atoms with Gasteiger partial charge in [0.15, 0.2) is 5.76 Å². The molecule has 2 N–H and O–H groups in total. The Hall–Kier alpha value is -3.28. The van der Waals surface area contributed by atoms with Gasteiger partial charge in [-0.3, -0.25) is 4.79 Å². The molecule has 0 spiro atoms. The minimum atomic E-state index is -0.480. The fraction of sp³-hybridized carbons (Fsp3) is 0.238. The second kappa shape index (κ2) is 6.79. The molecule has 1 aliphatic heterocycles. The van der Waals surface area contributed by atoms with Crippen LogP contribution in [0.1, 0.15) is 24.9 Å². The second-order valence-corrected chi connectivity index (χ2v) is 6.81. The maximum absolute atomic E-state index is 12.7. The Kier molecular flexibility index (Phi) is 4.32. The first-order valence-corrected chi connectivity index (χ1v) is 8.95. The number of imidazole rings is 1. The molecule has 1 aliphatic rings. The number of amides is 1. The highest BCUT2D eigenvalue weighted by Crippen LogP contribution is 2.43. The summed E-state index contributed by atoms with van der Waals surface area (Å²) in [5.74, 6) is -0.495. The number of aromatic nitrogens is 2. The van der Waals surface area contributed by atoms with Crippen LogP contribution in [0.15, 0.2) is 66.5 Å². The molecule has 0 aliphatic carbocycles. The molecule has 2 aromatic carbocycles. The van der Waals surface area contributed by atoms with Crippen molar-refractivity contribution in [2.75, 3.05) is 6.54 Å². The van der Waals surface area contributed by atoms with E-state index in [4.69, 9.17) is 0 Å². The van der Waals surface area contributed by atoms with E-state index in [9.17, 15) is 15.0 Å². The highest BCUT2D eigenvalue weighted by atomic mass is 16.3. The lowest BCUT2D eigenvalue weighted by Gasteiger charge is -2.28. The fourth-order valence-corrected chi connectivity index (χ4v) is 3.80. The van der Waals surface area contributed by atoms with E-state index in [2.05, 4.69) is 4.98 Å². The standard InChI is InChI=1S/C21H21N3O3/c1-14-19(18-16-6-3-2-5-15(16)7-8-17(18)25)24(21(27)20(14)26)11-4-10-23-12-9-22-13-23/h2-3,5-9,12-13,19,25-26H,4,10-11H2,1H3. The van der Waals surface area contributed by atoms with E-state index in [1.54, 1.807) is 30.4 Å². The topological polar surface area (TPSA) is 78.6 Å². The van der Waals surface area contributed by atoms with Gasteiger partial charge in [0.25, 0.3) is 5.91 Å². The maximum atomic E-state index is 12.7. The molecule has 2 heterocycles. The second-order valence-electron chi connectivity index (χ2n) is 6.81. The van der Waals surface area contributed by atoms with Gasteiger partial charge in [0, 0.05) is 36.6 Å². The van der Waals surface area contributed by atoms with Gasteiger partial charge in [-0.05, 0) is 30.2 Å². The van der Waals surface area contributed by atoms with Crippen LogP contribution < -0.4 is 0 Å². The van der Waals surface area contributed by atoms with Gasteiger partial charge in [0.05, 0.1) is 12.4 Å². The van der Waals surface area contributed by atoms with Crippen LogP contribution in [0.3, 0.4) is 0 Å². The number of aromatic hydroxyl groups is 1. The zero-order valence-corrected chi connectivity index (χ0v) is 15.0. The van der Waals surface area contributed by atoms with E-state index >= 15 is 0 Å². The molecule has 0 radical (unpaired) electrons. The van der Waals surface area contributed by atoms with Gasteiger partial charge in [-0.2, -0.15) is 0 Å². The van der Waals surface area contributed by atoms with Gasteiger partial charge >= 0.3 is 0 Å². The number of carbonyl (C=O) groups is 1. The average Bonchev–Trinajstić information content (AvgIpc) is 3.26. The summed E-state index contributed by atoms with van der Waals surface area (Å²) in [4.78, 5) is 18.3. The Morgan fingerprint density at radius 2 is 1.93 bits per heavy atom. The van der Waals surface area contributed by atoms with Crippen molar-refractivity contribution >= 4 is 16.7 Å². The molecule has 1 atom stereocenters. The Labute approximate surface area is 157 Å². The maximum Gasteiger partial charge on any atom is 0.289 e. The molecule has 138 valence electrons. The molecular weight excluding hydrogens is 342 g/mol. The molecule has 1 aromatic heterocycles. The fourth-order valence-electron chi connectivity index (χ4n) is 3.80. The third-order valence-electron chi connectivity index (χ3n) is 5.15. The first kappa shape index (κ1) is 17.1. The van der Waals surface area contributed by atoms with Crippen LogP contribution in [-0.2, 0) is 11.3 Å². The minimum absolute atomic E-state index is 0.125. The van der Waals surface area contributed by atoms with Crippen molar-refractivity contribution in [1.82, 2.24) is 14.5 Å². The molecule has 1 unspecified atom stereocenters. The number of benzene rings is 2. The molecule has 6 nitrogen and oxygen atoms in total. The number of fused-ring (bicyclic) bond motifs is 1. The van der Waals surface area contributed by atoms with Gasteiger partial charge in [0.1, 0.15) is 5.75 Å². The SMILES string of the molecule is CC1=C(O)C(=O)N(CCCn2ccnc2)C1c1c(O)ccc2ccccc12. The Bertz CT molecular complexity index is 1020. The predicted octanol–water partition coefficient (Wildman–Crippen LogP) is 3.55. The highest BCUT2D eigenvalue weighted by Gasteiger charge is 2.39. The van der Waals surface area contributed by atoms with E-state index in [1.807, 2.05) is 41.1 Å². The summed E-state index contributed by atoms with van der Waals surface area (Å²) in [5.41, 5.74) is 1.22. The van der Waals surface area contributed by atoms with Crippen LogP contribution in [0.25, 0.3) is 10.8 Å². The Morgan fingerprint density at radius 3 is 2.70 bits per heavy atom. The molecule has 0 saturated heterocycles. The lowest BCUT2D eigenvalue weighted by molar-refractivity contribution is -0.129. The number of phenolic OH excluding ortho intramolecular Hbond substituents is 1. The molecule has 4 rings (SSSR count).